The molecule has 3 rings (SSSR count). The van der Waals surface area contributed by atoms with Gasteiger partial charge in [-0.05, 0) is 35.9 Å². The second kappa shape index (κ2) is 9.53. The highest BCUT2D eigenvalue weighted by Gasteiger charge is 2.16. The van der Waals surface area contributed by atoms with Crippen molar-refractivity contribution in [2.24, 2.45) is 0 Å². The normalized spacial score (nSPS) is 10.6. The van der Waals surface area contributed by atoms with Crippen LogP contribution in [0.4, 0.5) is 15.2 Å². The van der Waals surface area contributed by atoms with Crippen LogP contribution in [0.25, 0.3) is 0 Å². The van der Waals surface area contributed by atoms with E-state index < -0.39 is 11.7 Å². The van der Waals surface area contributed by atoms with Crippen molar-refractivity contribution in [1.29, 1.82) is 0 Å². The minimum atomic E-state index is -0.718. The number of amides is 2. The zero-order valence-electron chi connectivity index (χ0n) is 14.8. The van der Waals surface area contributed by atoms with E-state index in [9.17, 15) is 14.0 Å². The smallest absolute Gasteiger partial charge is 0.260 e. The van der Waals surface area contributed by atoms with Gasteiger partial charge in [-0.3, -0.25) is 14.9 Å². The van der Waals surface area contributed by atoms with E-state index in [1.165, 1.54) is 30.8 Å². The molecule has 11 heteroatoms. The maximum atomic E-state index is 14.0. The molecule has 0 aliphatic rings. The molecule has 0 aliphatic heterocycles. The van der Waals surface area contributed by atoms with E-state index in [0.717, 1.165) is 23.0 Å². The summed E-state index contributed by atoms with van der Waals surface area (Å²) >= 11 is 14.8. The molecule has 0 saturated carbocycles. The molecule has 150 valence electrons. The van der Waals surface area contributed by atoms with Crippen molar-refractivity contribution in [3.63, 3.8) is 0 Å². The van der Waals surface area contributed by atoms with E-state index in [2.05, 4.69) is 20.8 Å². The Labute approximate surface area is 183 Å². The molecule has 0 bridgehead atoms. The van der Waals surface area contributed by atoms with Gasteiger partial charge in [-0.1, -0.05) is 52.4 Å². The first-order chi connectivity index (χ1) is 13.8. The third kappa shape index (κ3) is 5.66. The first-order valence-corrected chi connectivity index (χ1v) is 10.7. The highest BCUT2D eigenvalue weighted by atomic mass is 35.5. The minimum absolute atomic E-state index is 0.215. The highest BCUT2D eigenvalue weighted by molar-refractivity contribution is 8.00. The Morgan fingerprint density at radius 1 is 1.14 bits per heavy atom. The highest BCUT2D eigenvalue weighted by Crippen LogP contribution is 2.33. The van der Waals surface area contributed by atoms with E-state index in [1.54, 1.807) is 18.2 Å². The number of aromatic nitrogens is 2. The standard InChI is InChI=1S/C18H13Cl2FN4O2S2/c1-9(26)22-10-5-6-15(21)11(7-10)16(27)23-17-24-25-18(29-17)28-8-12-13(19)3-2-4-14(12)20/h2-7H,8H2,1H3,(H,22,26)(H,23,24,27). The molecule has 2 aromatic carbocycles. The lowest BCUT2D eigenvalue weighted by atomic mass is 10.1. The molecule has 0 radical (unpaired) electrons. The molecule has 1 heterocycles. The number of hydrogen-bond donors (Lipinski definition) is 2. The lowest BCUT2D eigenvalue weighted by Crippen LogP contribution is -2.15. The van der Waals surface area contributed by atoms with Crippen molar-refractivity contribution in [3.05, 3.63) is 63.4 Å². The molecule has 2 N–H and O–H groups in total. The average Bonchev–Trinajstić information content (AvgIpc) is 3.09. The van der Waals surface area contributed by atoms with E-state index in [4.69, 9.17) is 23.2 Å². The van der Waals surface area contributed by atoms with E-state index in [1.807, 2.05) is 0 Å². The lowest BCUT2D eigenvalue weighted by molar-refractivity contribution is -0.114. The Bertz CT molecular complexity index is 1060. The van der Waals surface area contributed by atoms with Crippen molar-refractivity contribution in [2.75, 3.05) is 10.6 Å². The van der Waals surface area contributed by atoms with Gasteiger partial charge in [0.1, 0.15) is 5.82 Å². The lowest BCUT2D eigenvalue weighted by Gasteiger charge is -2.06. The fourth-order valence-electron chi connectivity index (χ4n) is 2.27. The number of anilines is 2. The first-order valence-electron chi connectivity index (χ1n) is 8.11. The summed E-state index contributed by atoms with van der Waals surface area (Å²) in [5.74, 6) is -1.26. The molecule has 6 nitrogen and oxygen atoms in total. The number of nitrogens with one attached hydrogen (secondary N) is 2. The van der Waals surface area contributed by atoms with Gasteiger partial charge < -0.3 is 5.32 Å². The summed E-state index contributed by atoms with van der Waals surface area (Å²) in [5, 5.41) is 14.2. The number of carbonyl (C=O) groups is 2. The topological polar surface area (TPSA) is 84.0 Å². The molecule has 29 heavy (non-hydrogen) atoms. The zero-order chi connectivity index (χ0) is 21.0. The molecule has 2 amide bonds. The number of benzene rings is 2. The van der Waals surface area contributed by atoms with Crippen molar-refractivity contribution >= 4 is 68.9 Å². The SMILES string of the molecule is CC(=O)Nc1ccc(F)c(C(=O)Nc2nnc(SCc3c(Cl)cccc3Cl)s2)c1. The van der Waals surface area contributed by atoms with Crippen LogP contribution in [0, 0.1) is 5.82 Å². The third-order valence-corrected chi connectivity index (χ3v) is 6.27. The van der Waals surface area contributed by atoms with Crippen LogP contribution in [0.15, 0.2) is 40.7 Å². The van der Waals surface area contributed by atoms with Gasteiger partial charge in [-0.25, -0.2) is 4.39 Å². The fraction of sp³-hybridized carbons (Fsp3) is 0.111. The Morgan fingerprint density at radius 2 is 1.86 bits per heavy atom. The molecular formula is C18H13Cl2FN4O2S2. The molecule has 0 unspecified atom stereocenters. The van der Waals surface area contributed by atoms with Gasteiger partial charge in [0, 0.05) is 28.4 Å². The van der Waals surface area contributed by atoms with Crippen LogP contribution in [-0.4, -0.2) is 22.0 Å². The van der Waals surface area contributed by atoms with Crippen LogP contribution < -0.4 is 10.6 Å². The number of nitrogens with zero attached hydrogens (tertiary/aromatic N) is 2. The van der Waals surface area contributed by atoms with Gasteiger partial charge in [-0.2, -0.15) is 0 Å². The van der Waals surface area contributed by atoms with Crippen LogP contribution in [-0.2, 0) is 10.5 Å². The predicted octanol–water partition coefficient (Wildman–Crippen LogP) is 5.49. The molecule has 0 atom stereocenters. The second-order valence-electron chi connectivity index (χ2n) is 5.69. The van der Waals surface area contributed by atoms with Gasteiger partial charge >= 0.3 is 0 Å². The van der Waals surface area contributed by atoms with Crippen LogP contribution in [0.3, 0.4) is 0 Å². The van der Waals surface area contributed by atoms with Crippen molar-refractivity contribution in [1.82, 2.24) is 10.2 Å². The van der Waals surface area contributed by atoms with Crippen molar-refractivity contribution < 1.29 is 14.0 Å². The molecule has 0 spiro atoms. The monoisotopic (exact) mass is 470 g/mol. The Morgan fingerprint density at radius 3 is 2.55 bits per heavy atom. The first kappa shape index (κ1) is 21.5. The van der Waals surface area contributed by atoms with Gasteiger partial charge in [0.05, 0.1) is 5.56 Å². The van der Waals surface area contributed by atoms with Gasteiger partial charge in [0.2, 0.25) is 11.0 Å². The number of halogens is 3. The summed E-state index contributed by atoms with van der Waals surface area (Å²) in [6.07, 6.45) is 0. The van der Waals surface area contributed by atoms with E-state index in [0.29, 0.717) is 25.8 Å². The predicted molar refractivity (Wildman–Crippen MR) is 115 cm³/mol. The molecule has 1 aromatic heterocycles. The Hall–Kier alpha value is -2.20. The molecule has 3 aromatic rings. The van der Waals surface area contributed by atoms with Crippen molar-refractivity contribution in [2.45, 2.75) is 17.0 Å². The summed E-state index contributed by atoms with van der Waals surface area (Å²) < 4.78 is 14.6. The second-order valence-corrected chi connectivity index (χ2v) is 8.71. The quantitative estimate of drug-likeness (QED) is 0.367. The Balaban J connectivity index is 1.67. The van der Waals surface area contributed by atoms with Gasteiger partial charge in [-0.15, -0.1) is 10.2 Å². The van der Waals surface area contributed by atoms with E-state index >= 15 is 0 Å². The largest absolute Gasteiger partial charge is 0.326 e. The van der Waals surface area contributed by atoms with Crippen LogP contribution >= 0.6 is 46.3 Å². The minimum Gasteiger partial charge on any atom is -0.326 e. The summed E-state index contributed by atoms with van der Waals surface area (Å²) in [4.78, 5) is 23.5. The van der Waals surface area contributed by atoms with Crippen LogP contribution in [0.5, 0.6) is 0 Å². The maximum absolute atomic E-state index is 14.0. The Kier molecular flexibility index (Phi) is 7.07. The summed E-state index contributed by atoms with van der Waals surface area (Å²) in [7, 11) is 0. The fourth-order valence-corrected chi connectivity index (χ4v) is 4.76. The number of thioether (sulfide) groups is 1. The zero-order valence-corrected chi connectivity index (χ0v) is 18.0. The molecule has 0 aliphatic carbocycles. The molecular weight excluding hydrogens is 458 g/mol. The molecule has 0 fully saturated rings. The summed E-state index contributed by atoms with van der Waals surface area (Å²) in [6.45, 7) is 1.32. The summed E-state index contributed by atoms with van der Waals surface area (Å²) in [5.41, 5.74) is 0.871. The van der Waals surface area contributed by atoms with Gasteiger partial charge in [0.25, 0.3) is 5.91 Å². The molecule has 0 saturated heterocycles. The number of hydrogen-bond acceptors (Lipinski definition) is 6. The third-order valence-electron chi connectivity index (χ3n) is 3.56. The average molecular weight is 471 g/mol. The number of carbonyl (C=O) groups excluding carboxylic acids is 2. The summed E-state index contributed by atoms with van der Waals surface area (Å²) in [6, 6.07) is 8.99. The van der Waals surface area contributed by atoms with E-state index in [-0.39, 0.29) is 16.6 Å². The maximum Gasteiger partial charge on any atom is 0.260 e. The van der Waals surface area contributed by atoms with Crippen LogP contribution in [0.2, 0.25) is 10.0 Å². The van der Waals surface area contributed by atoms with Crippen molar-refractivity contribution in [3.8, 4) is 0 Å². The number of rotatable bonds is 6. The van der Waals surface area contributed by atoms with Gasteiger partial charge in [0.15, 0.2) is 4.34 Å². The van der Waals surface area contributed by atoms with Crippen LogP contribution in [0.1, 0.15) is 22.8 Å².